The number of rotatable bonds is 11. The number of carbonyl (C=O) groups is 2. The molecule has 174 valence electrons. The van der Waals surface area contributed by atoms with Crippen molar-refractivity contribution in [2.24, 2.45) is 0 Å². The average molecular weight is 483 g/mol. The quantitative estimate of drug-likeness (QED) is 0.240. The highest BCUT2D eigenvalue weighted by Crippen LogP contribution is 2.33. The van der Waals surface area contributed by atoms with Crippen LogP contribution < -0.4 is 4.74 Å². The van der Waals surface area contributed by atoms with Gasteiger partial charge in [0.15, 0.2) is 0 Å². The lowest BCUT2D eigenvalue weighted by Gasteiger charge is -2.21. The van der Waals surface area contributed by atoms with Gasteiger partial charge >= 0.3 is 0 Å². The summed E-state index contributed by atoms with van der Waals surface area (Å²) in [6.07, 6.45) is 4.89. The zero-order valence-corrected chi connectivity index (χ0v) is 20.8. The van der Waals surface area contributed by atoms with E-state index in [0.717, 1.165) is 36.1 Å². The highest BCUT2D eigenvalue weighted by molar-refractivity contribution is 8.26. The first-order chi connectivity index (χ1) is 16.0. The first-order valence-electron chi connectivity index (χ1n) is 11.2. The third-order valence-corrected chi connectivity index (χ3v) is 6.89. The van der Waals surface area contributed by atoms with Gasteiger partial charge in [-0.3, -0.25) is 14.5 Å². The zero-order valence-electron chi connectivity index (χ0n) is 19.2. The summed E-state index contributed by atoms with van der Waals surface area (Å²) >= 11 is 6.77. The maximum Gasteiger partial charge on any atom is 0.266 e. The van der Waals surface area contributed by atoms with Gasteiger partial charge in [0.25, 0.3) is 5.91 Å². The van der Waals surface area contributed by atoms with Crippen molar-refractivity contribution in [3.63, 3.8) is 0 Å². The van der Waals surface area contributed by atoms with Crippen molar-refractivity contribution in [1.82, 2.24) is 9.80 Å². The topological polar surface area (TPSA) is 49.9 Å². The molecule has 1 aliphatic heterocycles. The van der Waals surface area contributed by atoms with E-state index in [1.807, 2.05) is 72.5 Å². The predicted octanol–water partition coefficient (Wildman–Crippen LogP) is 5.51. The third-order valence-electron chi connectivity index (χ3n) is 5.51. The molecule has 1 saturated heterocycles. The van der Waals surface area contributed by atoms with Crippen molar-refractivity contribution in [1.29, 1.82) is 0 Å². The largest absolute Gasteiger partial charge is 0.497 e. The SMILES string of the molecule is CCN(Cc1ccccc1)C(=O)CCCCCN1C(=O)C(=Cc2ccc(OC)cc2)SC1=S. The van der Waals surface area contributed by atoms with Crippen LogP contribution in [0.5, 0.6) is 5.75 Å². The number of nitrogens with zero attached hydrogens (tertiary/aromatic N) is 2. The van der Waals surface area contributed by atoms with Gasteiger partial charge in [0, 0.05) is 26.1 Å². The molecule has 33 heavy (non-hydrogen) atoms. The summed E-state index contributed by atoms with van der Waals surface area (Å²) in [5.74, 6) is 0.909. The number of hydrogen-bond acceptors (Lipinski definition) is 5. The van der Waals surface area contributed by atoms with E-state index in [2.05, 4.69) is 0 Å². The van der Waals surface area contributed by atoms with Crippen molar-refractivity contribution in [2.75, 3.05) is 20.2 Å². The molecule has 0 aliphatic carbocycles. The van der Waals surface area contributed by atoms with E-state index < -0.39 is 0 Å². The molecule has 0 saturated carbocycles. The van der Waals surface area contributed by atoms with E-state index in [9.17, 15) is 9.59 Å². The Morgan fingerprint density at radius 3 is 2.48 bits per heavy atom. The molecule has 5 nitrogen and oxygen atoms in total. The first kappa shape index (κ1) is 25.0. The van der Waals surface area contributed by atoms with Gasteiger partial charge in [-0.25, -0.2) is 0 Å². The molecule has 0 radical (unpaired) electrons. The van der Waals surface area contributed by atoms with E-state index in [-0.39, 0.29) is 11.8 Å². The Bertz CT molecular complexity index is 990. The Morgan fingerprint density at radius 2 is 1.82 bits per heavy atom. The molecule has 1 aliphatic rings. The third kappa shape index (κ3) is 7.17. The highest BCUT2D eigenvalue weighted by Gasteiger charge is 2.31. The summed E-state index contributed by atoms with van der Waals surface area (Å²) in [6.45, 7) is 3.94. The number of thiocarbonyl (C=S) groups is 1. The van der Waals surface area contributed by atoms with Crippen LogP contribution in [0.3, 0.4) is 0 Å². The van der Waals surface area contributed by atoms with Crippen LogP contribution in [0.2, 0.25) is 0 Å². The number of carbonyl (C=O) groups excluding carboxylic acids is 2. The fourth-order valence-electron chi connectivity index (χ4n) is 3.61. The molecule has 0 atom stereocenters. The summed E-state index contributed by atoms with van der Waals surface area (Å²) in [4.78, 5) is 29.6. The normalized spacial score (nSPS) is 14.7. The molecule has 3 rings (SSSR count). The van der Waals surface area contributed by atoms with Gasteiger partial charge in [-0.05, 0) is 49.1 Å². The van der Waals surface area contributed by atoms with E-state index >= 15 is 0 Å². The van der Waals surface area contributed by atoms with E-state index in [0.29, 0.717) is 35.3 Å². The van der Waals surface area contributed by atoms with Gasteiger partial charge in [0.05, 0.1) is 12.0 Å². The standard InChI is InChI=1S/C26H30N2O3S2/c1-3-27(19-21-10-6-4-7-11-21)24(29)12-8-5-9-17-28-25(30)23(33-26(28)32)18-20-13-15-22(31-2)16-14-20/h4,6-7,10-11,13-16,18H,3,5,8-9,12,17,19H2,1-2H3. The van der Waals surface area contributed by atoms with Crippen LogP contribution in [0.15, 0.2) is 59.5 Å². The molecular weight excluding hydrogens is 452 g/mol. The second-order valence-electron chi connectivity index (χ2n) is 7.81. The van der Waals surface area contributed by atoms with E-state index in [1.54, 1.807) is 12.0 Å². The number of benzene rings is 2. The molecule has 1 fully saturated rings. The van der Waals surface area contributed by atoms with E-state index in [1.165, 1.54) is 11.8 Å². The smallest absolute Gasteiger partial charge is 0.266 e. The summed E-state index contributed by atoms with van der Waals surface area (Å²) in [5, 5.41) is 0. The van der Waals surface area contributed by atoms with Crippen LogP contribution in [0.4, 0.5) is 0 Å². The second-order valence-corrected chi connectivity index (χ2v) is 9.49. The molecule has 0 aromatic heterocycles. The lowest BCUT2D eigenvalue weighted by molar-refractivity contribution is -0.131. The molecular formula is C26H30N2O3S2. The highest BCUT2D eigenvalue weighted by atomic mass is 32.2. The summed E-state index contributed by atoms with van der Waals surface area (Å²) in [7, 11) is 1.63. The van der Waals surface area contributed by atoms with E-state index in [4.69, 9.17) is 17.0 Å². The number of ether oxygens (including phenoxy) is 1. The molecule has 2 aromatic carbocycles. The minimum absolute atomic E-state index is 0.0445. The molecule has 0 bridgehead atoms. The van der Waals surface area contributed by atoms with Crippen molar-refractivity contribution in [3.05, 3.63) is 70.6 Å². The summed E-state index contributed by atoms with van der Waals surface area (Å²) < 4.78 is 5.77. The maximum absolute atomic E-state index is 12.8. The van der Waals surface area contributed by atoms with Crippen molar-refractivity contribution >= 4 is 46.2 Å². The van der Waals surface area contributed by atoms with Gasteiger partial charge in [-0.2, -0.15) is 0 Å². The number of thioether (sulfide) groups is 1. The Morgan fingerprint density at radius 1 is 1.09 bits per heavy atom. The van der Waals surface area contributed by atoms with Crippen molar-refractivity contribution < 1.29 is 14.3 Å². The fourth-order valence-corrected chi connectivity index (χ4v) is 4.91. The molecule has 0 spiro atoms. The average Bonchev–Trinajstić information content (AvgIpc) is 3.10. The maximum atomic E-state index is 12.8. The lowest BCUT2D eigenvalue weighted by Crippen LogP contribution is -2.30. The first-order valence-corrected chi connectivity index (χ1v) is 12.5. The molecule has 2 aromatic rings. The molecule has 1 heterocycles. The molecule has 0 N–H and O–H groups in total. The van der Waals surface area contributed by atoms with Crippen LogP contribution in [0, 0.1) is 0 Å². The van der Waals surface area contributed by atoms with Gasteiger partial charge < -0.3 is 9.64 Å². The van der Waals surface area contributed by atoms with Crippen molar-refractivity contribution in [2.45, 2.75) is 39.2 Å². The van der Waals surface area contributed by atoms with Crippen LogP contribution in [0.1, 0.15) is 43.7 Å². The Hall–Kier alpha value is -2.64. The number of unbranched alkanes of at least 4 members (excludes halogenated alkanes) is 2. The second kappa shape index (κ2) is 12.6. The Balaban J connectivity index is 1.42. The molecule has 2 amide bonds. The van der Waals surface area contributed by atoms with Crippen LogP contribution in [0.25, 0.3) is 6.08 Å². The lowest BCUT2D eigenvalue weighted by atomic mass is 10.1. The van der Waals surface area contributed by atoms with Crippen molar-refractivity contribution in [3.8, 4) is 5.75 Å². The minimum Gasteiger partial charge on any atom is -0.497 e. The van der Waals surface area contributed by atoms with Crippen LogP contribution in [-0.2, 0) is 16.1 Å². The van der Waals surface area contributed by atoms with Crippen LogP contribution >= 0.6 is 24.0 Å². The summed E-state index contributed by atoms with van der Waals surface area (Å²) in [6, 6.07) is 17.6. The predicted molar refractivity (Wildman–Crippen MR) is 139 cm³/mol. The van der Waals surface area contributed by atoms with Gasteiger partial charge in [0.1, 0.15) is 10.1 Å². The van der Waals surface area contributed by atoms with Gasteiger partial charge in [-0.1, -0.05) is 72.9 Å². The van der Waals surface area contributed by atoms with Gasteiger partial charge in [-0.15, -0.1) is 0 Å². The van der Waals surface area contributed by atoms with Crippen LogP contribution in [-0.4, -0.2) is 46.1 Å². The minimum atomic E-state index is -0.0445. The Kier molecular flexibility index (Phi) is 9.51. The fraction of sp³-hybridized carbons (Fsp3) is 0.346. The molecule has 0 unspecified atom stereocenters. The number of hydrogen-bond donors (Lipinski definition) is 0. The number of amides is 2. The monoisotopic (exact) mass is 482 g/mol. The zero-order chi connectivity index (χ0) is 23.6. The molecule has 7 heteroatoms. The summed E-state index contributed by atoms with van der Waals surface area (Å²) in [5.41, 5.74) is 2.08. The number of methoxy groups -OCH3 is 1. The Labute approximate surface area is 205 Å². The van der Waals surface area contributed by atoms with Gasteiger partial charge in [0.2, 0.25) is 5.91 Å².